The highest BCUT2D eigenvalue weighted by Gasteiger charge is 2.17. The van der Waals surface area contributed by atoms with E-state index in [0.717, 1.165) is 44.7 Å². The predicted molar refractivity (Wildman–Crippen MR) is 46.8 cm³/mol. The van der Waals surface area contributed by atoms with Gasteiger partial charge in [0.1, 0.15) is 12.6 Å². The highest BCUT2D eigenvalue weighted by molar-refractivity contribution is 5.57. The molecule has 2 nitrogen and oxygen atoms in total. The van der Waals surface area contributed by atoms with Gasteiger partial charge in [-0.1, -0.05) is 19.3 Å². The molecule has 0 spiro atoms. The number of carbonyl (C=O) groups excluding carboxylic acids is 2. The third-order valence-electron chi connectivity index (χ3n) is 2.64. The molecule has 0 saturated heterocycles. The Morgan fingerprint density at radius 1 is 0.833 bits per heavy atom. The highest BCUT2D eigenvalue weighted by atomic mass is 16.1. The average Bonchev–Trinajstić information content (AvgIpc) is 2.05. The van der Waals surface area contributed by atoms with Gasteiger partial charge in [0.15, 0.2) is 0 Å². The lowest BCUT2D eigenvalue weighted by Crippen LogP contribution is -2.14. The van der Waals surface area contributed by atoms with Gasteiger partial charge in [0, 0.05) is 11.8 Å². The fourth-order valence-electron chi connectivity index (χ4n) is 1.86. The average molecular weight is 168 g/mol. The zero-order valence-electron chi connectivity index (χ0n) is 7.37. The summed E-state index contributed by atoms with van der Waals surface area (Å²) in [6, 6.07) is 0. The summed E-state index contributed by atoms with van der Waals surface area (Å²) in [6.07, 6.45) is 8.25. The van der Waals surface area contributed by atoms with Gasteiger partial charge in [0.25, 0.3) is 0 Å². The Kier molecular flexibility index (Phi) is 3.98. The molecular formula is C10H16O2. The minimum absolute atomic E-state index is 0.139. The Morgan fingerprint density at radius 2 is 1.33 bits per heavy atom. The van der Waals surface area contributed by atoms with Crippen molar-refractivity contribution in [3.63, 3.8) is 0 Å². The summed E-state index contributed by atoms with van der Waals surface area (Å²) >= 11 is 0. The summed E-state index contributed by atoms with van der Waals surface area (Å²) < 4.78 is 0. The first-order valence-electron chi connectivity index (χ1n) is 4.77. The molecule has 1 rings (SSSR count). The number of rotatable bonds is 2. The molecule has 0 amide bonds. The number of hydrogen-bond acceptors (Lipinski definition) is 2. The Bertz CT molecular complexity index is 138. The molecule has 68 valence electrons. The van der Waals surface area contributed by atoms with E-state index >= 15 is 0 Å². The monoisotopic (exact) mass is 168 g/mol. The van der Waals surface area contributed by atoms with E-state index in [1.807, 2.05) is 0 Å². The summed E-state index contributed by atoms with van der Waals surface area (Å²) in [4.78, 5) is 21.1. The number of hydrogen-bond donors (Lipinski definition) is 0. The van der Waals surface area contributed by atoms with Crippen LogP contribution in [0.3, 0.4) is 0 Å². The van der Waals surface area contributed by atoms with Crippen molar-refractivity contribution in [2.75, 3.05) is 0 Å². The van der Waals surface area contributed by atoms with Crippen LogP contribution >= 0.6 is 0 Å². The van der Waals surface area contributed by atoms with E-state index in [4.69, 9.17) is 0 Å². The van der Waals surface area contributed by atoms with Crippen LogP contribution in [0.25, 0.3) is 0 Å². The molecule has 1 fully saturated rings. The third kappa shape index (κ3) is 2.76. The fraction of sp³-hybridized carbons (Fsp3) is 0.800. The van der Waals surface area contributed by atoms with E-state index in [2.05, 4.69) is 0 Å². The van der Waals surface area contributed by atoms with Crippen LogP contribution in [0.2, 0.25) is 0 Å². The zero-order chi connectivity index (χ0) is 8.81. The lowest BCUT2D eigenvalue weighted by atomic mass is 9.86. The first-order valence-corrected chi connectivity index (χ1v) is 4.77. The van der Waals surface area contributed by atoms with E-state index < -0.39 is 0 Å². The summed E-state index contributed by atoms with van der Waals surface area (Å²) in [7, 11) is 0. The quantitative estimate of drug-likeness (QED) is 0.591. The minimum Gasteiger partial charge on any atom is -0.303 e. The topological polar surface area (TPSA) is 34.1 Å². The molecule has 1 aliphatic rings. The molecule has 0 aromatic heterocycles. The zero-order valence-corrected chi connectivity index (χ0v) is 7.37. The fourth-order valence-corrected chi connectivity index (χ4v) is 1.86. The van der Waals surface area contributed by atoms with E-state index in [1.165, 1.54) is 6.42 Å². The van der Waals surface area contributed by atoms with Crippen molar-refractivity contribution in [3.05, 3.63) is 0 Å². The molecule has 0 bridgehead atoms. The SMILES string of the molecule is O=C[C@H]1CCCCC[C@H](C=O)C1. The third-order valence-corrected chi connectivity index (χ3v) is 2.64. The van der Waals surface area contributed by atoms with E-state index in [0.29, 0.717) is 0 Å². The van der Waals surface area contributed by atoms with Gasteiger partial charge in [0.2, 0.25) is 0 Å². The normalized spacial score (nSPS) is 31.7. The van der Waals surface area contributed by atoms with Crippen LogP contribution in [0.15, 0.2) is 0 Å². The molecule has 1 saturated carbocycles. The first-order chi connectivity index (χ1) is 5.86. The van der Waals surface area contributed by atoms with Crippen LogP contribution in [0.1, 0.15) is 38.5 Å². The maximum atomic E-state index is 10.6. The van der Waals surface area contributed by atoms with Crippen LogP contribution in [0.4, 0.5) is 0 Å². The van der Waals surface area contributed by atoms with E-state index in [1.54, 1.807) is 0 Å². The van der Waals surface area contributed by atoms with Gasteiger partial charge in [-0.3, -0.25) is 0 Å². The second-order valence-electron chi connectivity index (χ2n) is 3.67. The molecular weight excluding hydrogens is 152 g/mol. The van der Waals surface area contributed by atoms with Crippen LogP contribution in [-0.4, -0.2) is 12.6 Å². The molecule has 0 N–H and O–H groups in total. The van der Waals surface area contributed by atoms with Crippen molar-refractivity contribution < 1.29 is 9.59 Å². The second kappa shape index (κ2) is 5.07. The van der Waals surface area contributed by atoms with Crippen molar-refractivity contribution in [3.8, 4) is 0 Å². The lowest BCUT2D eigenvalue weighted by Gasteiger charge is -2.18. The van der Waals surface area contributed by atoms with Crippen molar-refractivity contribution >= 4 is 12.6 Å². The molecule has 1 aliphatic carbocycles. The maximum absolute atomic E-state index is 10.6. The van der Waals surface area contributed by atoms with Crippen molar-refractivity contribution in [1.29, 1.82) is 0 Å². The summed E-state index contributed by atoms with van der Waals surface area (Å²) in [5, 5.41) is 0. The van der Waals surface area contributed by atoms with Gasteiger partial charge >= 0.3 is 0 Å². The van der Waals surface area contributed by atoms with Gasteiger partial charge in [-0.25, -0.2) is 0 Å². The van der Waals surface area contributed by atoms with Crippen molar-refractivity contribution in [1.82, 2.24) is 0 Å². The van der Waals surface area contributed by atoms with Crippen molar-refractivity contribution in [2.24, 2.45) is 11.8 Å². The molecule has 0 aliphatic heterocycles. The molecule has 12 heavy (non-hydrogen) atoms. The smallest absolute Gasteiger partial charge is 0.123 e. The number of carbonyl (C=O) groups is 2. The first kappa shape index (κ1) is 9.43. The Labute approximate surface area is 73.3 Å². The molecule has 0 heterocycles. The van der Waals surface area contributed by atoms with Gasteiger partial charge < -0.3 is 9.59 Å². The lowest BCUT2D eigenvalue weighted by molar-refractivity contribution is -0.114. The molecule has 2 heteroatoms. The maximum Gasteiger partial charge on any atom is 0.123 e. The number of aldehydes is 2. The van der Waals surface area contributed by atoms with Crippen LogP contribution in [0, 0.1) is 11.8 Å². The van der Waals surface area contributed by atoms with Crippen LogP contribution in [-0.2, 0) is 9.59 Å². The van der Waals surface area contributed by atoms with Crippen LogP contribution in [0.5, 0.6) is 0 Å². The van der Waals surface area contributed by atoms with Gasteiger partial charge in [0.05, 0.1) is 0 Å². The Hall–Kier alpha value is -0.660. The summed E-state index contributed by atoms with van der Waals surface area (Å²) in [5.41, 5.74) is 0. The largest absolute Gasteiger partial charge is 0.303 e. The second-order valence-corrected chi connectivity index (χ2v) is 3.67. The Morgan fingerprint density at radius 3 is 1.75 bits per heavy atom. The summed E-state index contributed by atoms with van der Waals surface area (Å²) in [6.45, 7) is 0. The molecule has 0 aromatic carbocycles. The molecule has 0 unspecified atom stereocenters. The van der Waals surface area contributed by atoms with E-state index in [9.17, 15) is 9.59 Å². The molecule has 0 radical (unpaired) electrons. The summed E-state index contributed by atoms with van der Waals surface area (Å²) in [5.74, 6) is 0.279. The molecule has 2 atom stereocenters. The van der Waals surface area contributed by atoms with Gasteiger partial charge in [-0.05, 0) is 19.3 Å². The van der Waals surface area contributed by atoms with E-state index in [-0.39, 0.29) is 11.8 Å². The highest BCUT2D eigenvalue weighted by Crippen LogP contribution is 2.24. The standard InChI is InChI=1S/C10H16O2/c11-7-9-4-2-1-3-5-10(6-9)8-12/h7-10H,1-6H2/t9-,10-/m0/s1. The van der Waals surface area contributed by atoms with Gasteiger partial charge in [-0.15, -0.1) is 0 Å². The van der Waals surface area contributed by atoms with Crippen molar-refractivity contribution in [2.45, 2.75) is 38.5 Å². The molecule has 0 aromatic rings. The van der Waals surface area contributed by atoms with Crippen LogP contribution < -0.4 is 0 Å². The Balaban J connectivity index is 2.43. The minimum atomic E-state index is 0.139. The predicted octanol–water partition coefficient (Wildman–Crippen LogP) is 1.97. The van der Waals surface area contributed by atoms with Gasteiger partial charge in [-0.2, -0.15) is 0 Å².